The molecule has 0 radical (unpaired) electrons. The summed E-state index contributed by atoms with van der Waals surface area (Å²) in [5.74, 6) is -1.32. The molecule has 0 saturated carbocycles. The molecule has 2 aliphatic heterocycles. The molecule has 1 amide bonds. The molecule has 2 fully saturated rings. The number of amides is 1. The average molecular weight is 604 g/mol. The van der Waals surface area contributed by atoms with Gasteiger partial charge in [0.15, 0.2) is 0 Å². The largest absolute Gasteiger partial charge is 0.474 e. The van der Waals surface area contributed by atoms with Gasteiger partial charge < -0.3 is 24.7 Å². The van der Waals surface area contributed by atoms with E-state index in [1.54, 1.807) is 12.1 Å². The topological polar surface area (TPSA) is 99.8 Å². The summed E-state index contributed by atoms with van der Waals surface area (Å²) in [6.07, 6.45) is -1.34. The summed E-state index contributed by atoms with van der Waals surface area (Å²) in [4.78, 5) is 35.4. The summed E-state index contributed by atoms with van der Waals surface area (Å²) in [7, 11) is 1.98. The zero-order chi connectivity index (χ0) is 30.9. The van der Waals surface area contributed by atoms with E-state index in [1.165, 1.54) is 18.3 Å². The number of H-pyrrole nitrogens is 1. The Kier molecular flexibility index (Phi) is 8.74. The number of alkyl halides is 3. The minimum Gasteiger partial charge on any atom is -0.474 e. The van der Waals surface area contributed by atoms with Gasteiger partial charge in [-0.2, -0.15) is 13.2 Å². The molecule has 2 atom stereocenters. The van der Waals surface area contributed by atoms with Crippen LogP contribution in [0.1, 0.15) is 42.6 Å². The zero-order valence-electron chi connectivity index (χ0n) is 24.0. The van der Waals surface area contributed by atoms with Gasteiger partial charge >= 0.3 is 6.18 Å². The number of hydrogen-bond donors (Lipinski definition) is 2. The van der Waals surface area contributed by atoms with Crippen molar-refractivity contribution in [1.29, 1.82) is 0 Å². The molecular formula is C30H33F4N5O4. The minimum atomic E-state index is -4.94. The molecule has 0 aliphatic carbocycles. The second kappa shape index (κ2) is 12.3. The van der Waals surface area contributed by atoms with Crippen molar-refractivity contribution in [2.45, 2.75) is 51.1 Å². The fraction of sp³-hybridized carbons (Fsp3) is 0.433. The van der Waals surface area contributed by atoms with Crippen molar-refractivity contribution in [2.75, 3.05) is 43.6 Å². The number of piperazine rings is 1. The van der Waals surface area contributed by atoms with E-state index in [4.69, 9.17) is 9.47 Å². The minimum absolute atomic E-state index is 0.0344. The Bertz CT molecular complexity index is 1510. The first kappa shape index (κ1) is 30.5. The normalized spacial score (nSPS) is 20.2. The summed E-state index contributed by atoms with van der Waals surface area (Å²) in [6, 6.07) is 6.43. The number of carbonyl (C=O) groups is 1. The molecule has 4 heterocycles. The van der Waals surface area contributed by atoms with E-state index in [1.807, 2.05) is 25.8 Å². The Hall–Kier alpha value is -3.97. The molecular weight excluding hydrogens is 570 g/mol. The van der Waals surface area contributed by atoms with Gasteiger partial charge in [0.05, 0.1) is 35.7 Å². The molecule has 2 N–H and O–H groups in total. The number of hydrogen-bond acceptors (Lipinski definition) is 7. The Labute approximate surface area is 245 Å². The lowest BCUT2D eigenvalue weighted by Crippen LogP contribution is -2.55. The molecule has 0 bridgehead atoms. The predicted octanol–water partition coefficient (Wildman–Crippen LogP) is 4.93. The van der Waals surface area contributed by atoms with E-state index >= 15 is 4.39 Å². The molecule has 43 heavy (non-hydrogen) atoms. The van der Waals surface area contributed by atoms with E-state index in [2.05, 4.69) is 20.2 Å². The van der Waals surface area contributed by atoms with Gasteiger partial charge in [0.1, 0.15) is 11.9 Å². The van der Waals surface area contributed by atoms with E-state index in [9.17, 15) is 22.8 Å². The van der Waals surface area contributed by atoms with Gasteiger partial charge in [-0.1, -0.05) is 0 Å². The number of halogens is 4. The van der Waals surface area contributed by atoms with Gasteiger partial charge in [-0.05, 0) is 39.1 Å². The Balaban J connectivity index is 1.51. The SMILES string of the molecule is C[C@@H]1CN(c2cc(F)c(-c3ccc(OC4CCOCC4)nc3)cc2NC(=O)c2c[nH]c(=O)cc2C(F)(F)F)C[C@H](C)N1C. The summed E-state index contributed by atoms with van der Waals surface area (Å²) in [6.45, 7) is 6.21. The number of nitrogens with one attached hydrogen (secondary N) is 2. The summed E-state index contributed by atoms with van der Waals surface area (Å²) in [5, 5.41) is 2.56. The Morgan fingerprint density at radius 3 is 2.44 bits per heavy atom. The van der Waals surface area contributed by atoms with Crippen LogP contribution in [0.5, 0.6) is 5.88 Å². The van der Waals surface area contributed by atoms with Gasteiger partial charge in [0.2, 0.25) is 11.4 Å². The number of aromatic amines is 1. The van der Waals surface area contributed by atoms with Crippen LogP contribution in [0.25, 0.3) is 11.1 Å². The average Bonchev–Trinajstić information content (AvgIpc) is 2.97. The van der Waals surface area contributed by atoms with Crippen LogP contribution in [-0.2, 0) is 10.9 Å². The van der Waals surface area contributed by atoms with Gasteiger partial charge in [-0.25, -0.2) is 9.37 Å². The third-order valence-electron chi connectivity index (χ3n) is 8.01. The number of carbonyl (C=O) groups excluding carboxylic acids is 1. The lowest BCUT2D eigenvalue weighted by molar-refractivity contribution is -0.138. The van der Waals surface area contributed by atoms with Crippen molar-refractivity contribution in [3.8, 4) is 17.0 Å². The quantitative estimate of drug-likeness (QED) is 0.386. The van der Waals surface area contributed by atoms with E-state index in [-0.39, 0.29) is 29.4 Å². The second-order valence-electron chi connectivity index (χ2n) is 11.0. The lowest BCUT2D eigenvalue weighted by atomic mass is 10.0. The molecule has 3 aromatic rings. The molecule has 2 saturated heterocycles. The maximum absolute atomic E-state index is 15.7. The number of nitrogens with zero attached hydrogens (tertiary/aromatic N) is 3. The standard InChI is InChI=1S/C30H33F4N5O4/c1-17-15-39(16-18(2)38(17)3)26-12-24(31)21(19-4-5-28(36-13-19)43-20-6-8-42-9-7-20)10-25(26)37-29(41)22-14-35-27(40)11-23(22)30(32,33)34/h4-5,10-14,17-18,20H,6-9,15-16H2,1-3H3,(H,35,40)(H,37,41)/t17-,18+. The van der Waals surface area contributed by atoms with Crippen molar-refractivity contribution < 1.29 is 31.8 Å². The van der Waals surface area contributed by atoms with E-state index < -0.39 is 34.6 Å². The number of rotatable bonds is 6. The molecule has 13 heteroatoms. The molecule has 2 aromatic heterocycles. The van der Waals surface area contributed by atoms with Gasteiger partial charge in [0.25, 0.3) is 5.91 Å². The first-order chi connectivity index (χ1) is 20.4. The summed E-state index contributed by atoms with van der Waals surface area (Å²) in [5.41, 5.74) is -2.20. The number of aromatic nitrogens is 2. The van der Waals surface area contributed by atoms with Crippen LogP contribution in [0.2, 0.25) is 0 Å². The van der Waals surface area contributed by atoms with E-state index in [0.29, 0.717) is 49.5 Å². The third kappa shape index (κ3) is 6.83. The zero-order valence-corrected chi connectivity index (χ0v) is 24.0. The number of benzene rings is 1. The Morgan fingerprint density at radius 2 is 1.81 bits per heavy atom. The van der Waals surface area contributed by atoms with Crippen molar-refractivity contribution in [1.82, 2.24) is 14.9 Å². The van der Waals surface area contributed by atoms with Crippen LogP contribution in [0.4, 0.5) is 28.9 Å². The van der Waals surface area contributed by atoms with Crippen molar-refractivity contribution in [2.24, 2.45) is 0 Å². The first-order valence-electron chi connectivity index (χ1n) is 14.0. The fourth-order valence-electron chi connectivity index (χ4n) is 5.40. The Morgan fingerprint density at radius 1 is 1.12 bits per heavy atom. The fourth-order valence-corrected chi connectivity index (χ4v) is 5.40. The van der Waals surface area contributed by atoms with Gasteiger partial charge in [0, 0.05) is 73.7 Å². The molecule has 0 spiro atoms. The number of ether oxygens (including phenoxy) is 2. The molecule has 0 unspecified atom stereocenters. The monoisotopic (exact) mass is 603 g/mol. The van der Waals surface area contributed by atoms with Crippen LogP contribution < -0.4 is 20.5 Å². The van der Waals surface area contributed by atoms with Crippen LogP contribution in [0.15, 0.2) is 47.5 Å². The second-order valence-corrected chi connectivity index (χ2v) is 11.0. The van der Waals surface area contributed by atoms with Crippen LogP contribution in [0.3, 0.4) is 0 Å². The van der Waals surface area contributed by atoms with Crippen LogP contribution >= 0.6 is 0 Å². The van der Waals surface area contributed by atoms with Gasteiger partial charge in [-0.3, -0.25) is 14.5 Å². The maximum atomic E-state index is 15.7. The number of pyridine rings is 2. The third-order valence-corrected chi connectivity index (χ3v) is 8.01. The summed E-state index contributed by atoms with van der Waals surface area (Å²) >= 11 is 0. The van der Waals surface area contributed by atoms with Crippen LogP contribution in [0, 0.1) is 5.82 Å². The molecule has 9 nitrogen and oxygen atoms in total. The number of likely N-dealkylation sites (N-methyl/N-ethyl adjacent to an activating group) is 1. The smallest absolute Gasteiger partial charge is 0.417 e. The predicted molar refractivity (Wildman–Crippen MR) is 153 cm³/mol. The molecule has 230 valence electrons. The highest BCUT2D eigenvalue weighted by Gasteiger charge is 2.36. The molecule has 1 aromatic carbocycles. The highest BCUT2D eigenvalue weighted by atomic mass is 19.4. The molecule has 5 rings (SSSR count). The van der Waals surface area contributed by atoms with Gasteiger partial charge in [-0.15, -0.1) is 0 Å². The highest BCUT2D eigenvalue weighted by molar-refractivity contribution is 6.07. The lowest BCUT2D eigenvalue weighted by Gasteiger charge is -2.44. The highest BCUT2D eigenvalue weighted by Crippen LogP contribution is 2.37. The maximum Gasteiger partial charge on any atom is 0.417 e. The van der Waals surface area contributed by atoms with Crippen molar-refractivity contribution in [3.05, 3.63) is 70.0 Å². The van der Waals surface area contributed by atoms with Crippen LogP contribution in [-0.4, -0.2) is 72.3 Å². The van der Waals surface area contributed by atoms with Crippen molar-refractivity contribution >= 4 is 17.3 Å². The first-order valence-corrected chi connectivity index (χ1v) is 14.0. The number of anilines is 2. The summed E-state index contributed by atoms with van der Waals surface area (Å²) < 4.78 is 68.1. The molecule has 2 aliphatic rings. The van der Waals surface area contributed by atoms with E-state index in [0.717, 1.165) is 19.0 Å². The van der Waals surface area contributed by atoms with Crippen molar-refractivity contribution in [3.63, 3.8) is 0 Å².